The highest BCUT2D eigenvalue weighted by Crippen LogP contribution is 2.34. The van der Waals surface area contributed by atoms with E-state index in [4.69, 9.17) is 11.6 Å². The number of hydrogen-bond acceptors (Lipinski definition) is 4. The van der Waals surface area contributed by atoms with Gasteiger partial charge in [0.15, 0.2) is 11.6 Å². The zero-order chi connectivity index (χ0) is 23.2. The second kappa shape index (κ2) is 11.1. The van der Waals surface area contributed by atoms with Crippen LogP contribution in [0.2, 0.25) is 5.02 Å². The summed E-state index contributed by atoms with van der Waals surface area (Å²) in [5, 5.41) is 5.49. The highest BCUT2D eigenvalue weighted by Gasteiger charge is 2.19. The van der Waals surface area contributed by atoms with Crippen molar-refractivity contribution in [2.45, 2.75) is 6.42 Å². The number of amides is 2. The molecule has 2 aromatic carbocycles. The molecule has 31 heavy (non-hydrogen) atoms. The van der Waals surface area contributed by atoms with Crippen LogP contribution in [0.1, 0.15) is 6.42 Å². The van der Waals surface area contributed by atoms with E-state index in [1.165, 1.54) is 4.90 Å². The number of urea groups is 1. The van der Waals surface area contributed by atoms with E-state index in [0.717, 1.165) is 15.7 Å². The van der Waals surface area contributed by atoms with Gasteiger partial charge in [-0.1, -0.05) is 11.6 Å². The first-order valence-corrected chi connectivity index (χ1v) is 11.9. The molecule has 8 nitrogen and oxygen atoms in total. The number of benzene rings is 2. The number of carbonyl (C=O) groups excluding carboxylic acids is 1. The molecule has 0 aliphatic rings. The minimum atomic E-state index is -4.10. The first-order chi connectivity index (χ1) is 14.5. The van der Waals surface area contributed by atoms with Gasteiger partial charge in [-0.05, 0) is 59.3 Å². The summed E-state index contributed by atoms with van der Waals surface area (Å²) in [4.78, 5) is 12.8. The Kier molecular flexibility index (Phi) is 9.09. The Morgan fingerprint density at radius 3 is 2.45 bits per heavy atom. The van der Waals surface area contributed by atoms with Crippen LogP contribution in [0.3, 0.4) is 0 Å². The topological polar surface area (TPSA) is 103 Å². The van der Waals surface area contributed by atoms with Gasteiger partial charge in [-0.2, -0.15) is 13.1 Å². The summed E-state index contributed by atoms with van der Waals surface area (Å²) in [6, 6.07) is 6.48. The highest BCUT2D eigenvalue weighted by molar-refractivity contribution is 14.1. The maximum Gasteiger partial charge on any atom is 0.316 e. The third-order valence-electron chi connectivity index (χ3n) is 3.86. The van der Waals surface area contributed by atoms with Gasteiger partial charge in [0.05, 0.1) is 16.4 Å². The molecular formula is C18H21ClF2IN5O3S. The zero-order valence-electron chi connectivity index (χ0n) is 16.6. The monoisotopic (exact) mass is 587 g/mol. The normalized spacial score (nSPS) is 11.2. The largest absolute Gasteiger partial charge is 0.350 e. The molecule has 0 aliphatic carbocycles. The summed E-state index contributed by atoms with van der Waals surface area (Å²) in [6.45, 7) is 0.265. The van der Waals surface area contributed by atoms with E-state index in [1.807, 2.05) is 22.6 Å². The summed E-state index contributed by atoms with van der Waals surface area (Å²) in [5.74, 6) is -2.42. The third kappa shape index (κ3) is 7.63. The highest BCUT2D eigenvalue weighted by atomic mass is 127. The van der Waals surface area contributed by atoms with Crippen molar-refractivity contribution in [3.63, 3.8) is 0 Å². The van der Waals surface area contributed by atoms with Gasteiger partial charge in [0.1, 0.15) is 5.69 Å². The molecule has 0 atom stereocenters. The number of nitrogens with zero attached hydrogens (tertiary/aromatic N) is 1. The number of hydrogen-bond donors (Lipinski definition) is 4. The first-order valence-electron chi connectivity index (χ1n) is 8.93. The van der Waals surface area contributed by atoms with Crippen molar-refractivity contribution in [1.82, 2.24) is 14.9 Å². The van der Waals surface area contributed by atoms with E-state index >= 15 is 0 Å². The molecule has 0 radical (unpaired) electrons. The van der Waals surface area contributed by atoms with Crippen molar-refractivity contribution < 1.29 is 22.0 Å². The van der Waals surface area contributed by atoms with E-state index in [-0.39, 0.29) is 35.5 Å². The smallest absolute Gasteiger partial charge is 0.316 e. The standard InChI is InChI=1S/C18H21ClF2IN5O3S/c1-27(2)18(28)23-8-3-9-24-31(29,30)26-15-7-5-13(20)16(21)17(15)25-14-6-4-11(22)10-12(14)19/h4-7,10,24-26H,3,8-9H2,1-2H3,(H,23,28). The molecule has 0 heterocycles. The van der Waals surface area contributed by atoms with Crippen LogP contribution in [0.25, 0.3) is 0 Å². The molecule has 2 amide bonds. The summed E-state index contributed by atoms with van der Waals surface area (Å²) in [7, 11) is -0.935. The Balaban J connectivity index is 2.10. The van der Waals surface area contributed by atoms with Crippen LogP contribution in [0.15, 0.2) is 30.3 Å². The molecule has 4 N–H and O–H groups in total. The van der Waals surface area contributed by atoms with Crippen molar-refractivity contribution in [3.8, 4) is 0 Å². The van der Waals surface area contributed by atoms with Crippen LogP contribution in [0, 0.1) is 15.2 Å². The molecule has 0 spiro atoms. The molecule has 0 unspecified atom stereocenters. The molecule has 0 fully saturated rings. The van der Waals surface area contributed by atoms with E-state index in [0.29, 0.717) is 6.42 Å². The van der Waals surface area contributed by atoms with Crippen LogP contribution in [0.4, 0.5) is 30.6 Å². The Morgan fingerprint density at radius 2 is 1.81 bits per heavy atom. The van der Waals surface area contributed by atoms with Gasteiger partial charge in [0, 0.05) is 30.8 Å². The molecule has 0 aromatic heterocycles. The number of nitrogens with one attached hydrogen (secondary N) is 4. The van der Waals surface area contributed by atoms with Crippen LogP contribution >= 0.6 is 34.2 Å². The van der Waals surface area contributed by atoms with E-state index in [2.05, 4.69) is 20.1 Å². The lowest BCUT2D eigenvalue weighted by Crippen LogP contribution is -2.37. The predicted octanol–water partition coefficient (Wildman–Crippen LogP) is 3.87. The fraction of sp³-hybridized carbons (Fsp3) is 0.278. The Bertz CT molecular complexity index is 1060. The van der Waals surface area contributed by atoms with E-state index in [9.17, 15) is 22.0 Å². The van der Waals surface area contributed by atoms with Crippen molar-refractivity contribution >= 4 is 67.5 Å². The molecule has 2 rings (SSSR count). The Hall–Kier alpha value is -1.90. The third-order valence-corrected chi connectivity index (χ3v) is 5.91. The molecule has 13 heteroatoms. The lowest BCUT2D eigenvalue weighted by atomic mass is 10.2. The van der Waals surface area contributed by atoms with Gasteiger partial charge in [-0.3, -0.25) is 4.72 Å². The minimum Gasteiger partial charge on any atom is -0.350 e. The molecule has 0 saturated carbocycles. The summed E-state index contributed by atoms with van der Waals surface area (Å²) < 4.78 is 58.2. The quantitative estimate of drug-likeness (QED) is 0.264. The Morgan fingerprint density at radius 1 is 1.13 bits per heavy atom. The van der Waals surface area contributed by atoms with Crippen LogP contribution < -0.4 is 20.1 Å². The molecule has 2 aromatic rings. The van der Waals surface area contributed by atoms with Gasteiger partial charge in [0.25, 0.3) is 10.2 Å². The van der Waals surface area contributed by atoms with Gasteiger partial charge < -0.3 is 15.5 Å². The predicted molar refractivity (Wildman–Crippen MR) is 126 cm³/mol. The fourth-order valence-corrected chi connectivity index (χ4v) is 4.16. The summed E-state index contributed by atoms with van der Waals surface area (Å²) in [6.07, 6.45) is 0.321. The molecule has 0 aliphatic heterocycles. The average Bonchev–Trinajstić information content (AvgIpc) is 2.68. The lowest BCUT2D eigenvalue weighted by molar-refractivity contribution is 0.217. The average molecular weight is 588 g/mol. The molecule has 170 valence electrons. The second-order valence-corrected chi connectivity index (χ2v) is 9.67. The van der Waals surface area contributed by atoms with Crippen molar-refractivity contribution in [3.05, 3.63) is 50.6 Å². The summed E-state index contributed by atoms with van der Waals surface area (Å²) >= 11 is 8.17. The van der Waals surface area contributed by atoms with E-state index in [1.54, 1.807) is 32.3 Å². The molecule has 0 bridgehead atoms. The SMILES string of the molecule is CN(C)C(=O)NCCCNS(=O)(=O)Nc1ccc(F)c(F)c1Nc1ccc(I)cc1Cl. The van der Waals surface area contributed by atoms with Gasteiger partial charge in [-0.15, -0.1) is 0 Å². The maximum absolute atomic E-state index is 14.4. The minimum absolute atomic E-state index is 0.0123. The van der Waals surface area contributed by atoms with Crippen molar-refractivity contribution in [2.24, 2.45) is 0 Å². The van der Waals surface area contributed by atoms with Crippen molar-refractivity contribution in [2.75, 3.05) is 37.2 Å². The van der Waals surface area contributed by atoms with Crippen molar-refractivity contribution in [1.29, 1.82) is 0 Å². The number of anilines is 3. The molecular weight excluding hydrogens is 567 g/mol. The number of carbonyl (C=O) groups is 1. The van der Waals surface area contributed by atoms with Crippen LogP contribution in [-0.4, -0.2) is 46.5 Å². The number of rotatable bonds is 9. The van der Waals surface area contributed by atoms with Gasteiger partial charge in [-0.25, -0.2) is 13.6 Å². The second-order valence-electron chi connectivity index (χ2n) is 6.51. The summed E-state index contributed by atoms with van der Waals surface area (Å²) in [5.41, 5.74) is -0.342. The fourth-order valence-electron chi connectivity index (χ4n) is 2.31. The van der Waals surface area contributed by atoms with Gasteiger partial charge in [0.2, 0.25) is 0 Å². The maximum atomic E-state index is 14.4. The van der Waals surface area contributed by atoms with Crippen LogP contribution in [0.5, 0.6) is 0 Å². The number of halogens is 4. The van der Waals surface area contributed by atoms with E-state index < -0.39 is 27.5 Å². The first kappa shape index (κ1) is 25.4. The van der Waals surface area contributed by atoms with Gasteiger partial charge >= 0.3 is 6.03 Å². The Labute approximate surface area is 198 Å². The lowest BCUT2D eigenvalue weighted by Gasteiger charge is -2.17. The molecule has 0 saturated heterocycles. The van der Waals surface area contributed by atoms with Crippen LogP contribution in [-0.2, 0) is 10.2 Å². The zero-order valence-corrected chi connectivity index (χ0v) is 20.3.